The molecule has 0 fully saturated rings. The van der Waals surface area contributed by atoms with Gasteiger partial charge in [0.15, 0.2) is 17.5 Å². The zero-order chi connectivity index (χ0) is 18.4. The van der Waals surface area contributed by atoms with Gasteiger partial charge in [0.25, 0.3) is 5.56 Å². The number of carbonyl (C=O) groups excluding carboxylic acids is 1. The molecule has 0 unspecified atom stereocenters. The number of amides is 1. The van der Waals surface area contributed by atoms with E-state index in [1.165, 1.54) is 22.9 Å². The molecule has 0 aliphatic carbocycles. The minimum absolute atomic E-state index is 0.0870. The summed E-state index contributed by atoms with van der Waals surface area (Å²) in [6, 6.07) is 6.36. The van der Waals surface area contributed by atoms with Crippen LogP contribution in [0.4, 0.5) is 14.6 Å². The third kappa shape index (κ3) is 2.57. The molecule has 2 N–H and O–H groups in total. The smallest absolute Gasteiger partial charge is 0.264 e. The number of hydrogen-bond donors (Lipinski definition) is 2. The number of halogens is 2. The minimum Gasteiger partial charge on any atom is -0.310 e. The lowest BCUT2D eigenvalue weighted by Crippen LogP contribution is -2.25. The van der Waals surface area contributed by atoms with Crippen LogP contribution in [0.1, 0.15) is 29.2 Å². The number of H-pyrrole nitrogens is 1. The lowest BCUT2D eigenvalue weighted by Gasteiger charge is -2.24. The molecule has 2 aromatic heterocycles. The lowest BCUT2D eigenvalue weighted by molar-refractivity contribution is -0.116. The van der Waals surface area contributed by atoms with Gasteiger partial charge in [-0.2, -0.15) is 14.9 Å². The van der Waals surface area contributed by atoms with Gasteiger partial charge >= 0.3 is 0 Å². The molecule has 26 heavy (non-hydrogen) atoms. The van der Waals surface area contributed by atoms with Crippen molar-refractivity contribution in [3.8, 4) is 5.82 Å². The fourth-order valence-corrected chi connectivity index (χ4v) is 3.18. The summed E-state index contributed by atoms with van der Waals surface area (Å²) in [7, 11) is 0. The fraction of sp³-hybridized carbons (Fsp3) is 0.176. The van der Waals surface area contributed by atoms with Crippen molar-refractivity contribution >= 4 is 11.7 Å². The average Bonchev–Trinajstić information content (AvgIpc) is 2.94. The number of hydrogen-bond acceptors (Lipinski definition) is 4. The molecule has 1 amide bonds. The van der Waals surface area contributed by atoms with Gasteiger partial charge in [-0.1, -0.05) is 6.07 Å². The normalized spacial score (nSPS) is 16.3. The van der Waals surface area contributed by atoms with Gasteiger partial charge in [0, 0.05) is 24.0 Å². The second kappa shape index (κ2) is 5.87. The molecule has 7 nitrogen and oxygen atoms in total. The Hall–Kier alpha value is -3.36. The van der Waals surface area contributed by atoms with Gasteiger partial charge in [-0.3, -0.25) is 9.59 Å². The number of nitrogens with one attached hydrogen (secondary N) is 2. The van der Waals surface area contributed by atoms with Crippen molar-refractivity contribution in [1.29, 1.82) is 0 Å². The number of fused-ring (bicyclic) bond motifs is 1. The molecule has 0 saturated heterocycles. The van der Waals surface area contributed by atoms with Crippen LogP contribution >= 0.6 is 0 Å². The van der Waals surface area contributed by atoms with Crippen molar-refractivity contribution in [1.82, 2.24) is 20.0 Å². The number of benzene rings is 1. The summed E-state index contributed by atoms with van der Waals surface area (Å²) in [5, 5.41) is 13.4. The lowest BCUT2D eigenvalue weighted by atomic mass is 9.86. The summed E-state index contributed by atoms with van der Waals surface area (Å²) in [5.74, 6) is -1.95. The molecule has 1 aromatic carbocycles. The van der Waals surface area contributed by atoms with E-state index in [0.29, 0.717) is 28.5 Å². The number of rotatable bonds is 2. The summed E-state index contributed by atoms with van der Waals surface area (Å²) in [5.41, 5.74) is 1.43. The first kappa shape index (κ1) is 16.1. The maximum atomic E-state index is 13.7. The predicted molar refractivity (Wildman–Crippen MR) is 88.2 cm³/mol. The number of anilines is 1. The zero-order valence-electron chi connectivity index (χ0n) is 13.6. The number of aryl methyl sites for hydroxylation is 1. The molecule has 4 rings (SSSR count). The highest BCUT2D eigenvalue weighted by Crippen LogP contribution is 2.40. The number of aromatic nitrogens is 4. The highest BCUT2D eigenvalue weighted by Gasteiger charge is 2.33. The van der Waals surface area contributed by atoms with Crippen LogP contribution in [0, 0.1) is 18.6 Å². The van der Waals surface area contributed by atoms with E-state index in [2.05, 4.69) is 20.6 Å². The molecular weight excluding hydrogens is 344 g/mol. The second-order valence-electron chi connectivity index (χ2n) is 6.02. The van der Waals surface area contributed by atoms with Gasteiger partial charge in [0.1, 0.15) is 5.82 Å². The van der Waals surface area contributed by atoms with Crippen LogP contribution in [-0.4, -0.2) is 25.9 Å². The summed E-state index contributed by atoms with van der Waals surface area (Å²) < 4.78 is 28.4. The molecule has 3 aromatic rings. The Labute approximate surface area is 145 Å². The summed E-state index contributed by atoms with van der Waals surface area (Å²) in [6.07, 6.45) is 0.0870. The van der Waals surface area contributed by atoms with Crippen molar-refractivity contribution < 1.29 is 13.6 Å². The van der Waals surface area contributed by atoms with E-state index in [9.17, 15) is 18.4 Å². The Kier molecular flexibility index (Phi) is 3.64. The highest BCUT2D eigenvalue weighted by atomic mass is 19.2. The van der Waals surface area contributed by atoms with Crippen molar-refractivity contribution in [3.05, 3.63) is 69.1 Å². The standard InChI is InChI=1S/C17H13F2N5O2/c1-8-16-10(9-2-3-11(18)12(19)6-9)7-15(26)20-17(16)24(23-8)13-4-5-14(25)22-21-13/h2-6,10H,7H2,1H3,(H,20,26)(H,22,25)/t10-/m1/s1. The van der Waals surface area contributed by atoms with Crippen molar-refractivity contribution in [2.75, 3.05) is 5.32 Å². The largest absolute Gasteiger partial charge is 0.310 e. The van der Waals surface area contributed by atoms with E-state index in [4.69, 9.17) is 0 Å². The first-order valence-corrected chi connectivity index (χ1v) is 7.84. The third-order valence-corrected chi connectivity index (χ3v) is 4.33. The minimum atomic E-state index is -0.970. The Morgan fingerprint density at radius 1 is 1.15 bits per heavy atom. The van der Waals surface area contributed by atoms with Crippen LogP contribution in [0.2, 0.25) is 0 Å². The quantitative estimate of drug-likeness (QED) is 0.734. The molecule has 0 radical (unpaired) electrons. The maximum Gasteiger partial charge on any atom is 0.264 e. The van der Waals surface area contributed by atoms with Crippen LogP contribution in [0.25, 0.3) is 5.82 Å². The topological polar surface area (TPSA) is 92.7 Å². The predicted octanol–water partition coefficient (Wildman–Crippen LogP) is 2.02. The average molecular weight is 357 g/mol. The van der Waals surface area contributed by atoms with Gasteiger partial charge in [0.2, 0.25) is 5.91 Å². The SMILES string of the molecule is Cc1nn(-c2ccc(=O)[nH]n2)c2c1[C@@H](c1ccc(F)c(F)c1)CC(=O)N2. The van der Waals surface area contributed by atoms with Crippen molar-refractivity contribution in [2.24, 2.45) is 0 Å². The first-order chi connectivity index (χ1) is 12.4. The Morgan fingerprint density at radius 2 is 1.96 bits per heavy atom. The molecule has 132 valence electrons. The van der Waals surface area contributed by atoms with E-state index < -0.39 is 17.6 Å². The van der Waals surface area contributed by atoms with E-state index >= 15 is 0 Å². The van der Waals surface area contributed by atoms with E-state index in [0.717, 1.165) is 12.1 Å². The molecule has 1 aliphatic heterocycles. The molecule has 9 heteroatoms. The molecular formula is C17H13F2N5O2. The van der Waals surface area contributed by atoms with Gasteiger partial charge in [-0.25, -0.2) is 13.9 Å². The summed E-state index contributed by atoms with van der Waals surface area (Å²) in [4.78, 5) is 23.4. The number of aromatic amines is 1. The van der Waals surface area contributed by atoms with E-state index in [1.807, 2.05) is 0 Å². The molecule has 3 heterocycles. The molecule has 1 aliphatic rings. The Morgan fingerprint density at radius 3 is 2.65 bits per heavy atom. The second-order valence-corrected chi connectivity index (χ2v) is 6.02. The van der Waals surface area contributed by atoms with Crippen molar-refractivity contribution in [2.45, 2.75) is 19.3 Å². The van der Waals surface area contributed by atoms with Gasteiger partial charge in [-0.15, -0.1) is 0 Å². The maximum absolute atomic E-state index is 13.7. The van der Waals surface area contributed by atoms with E-state index in [-0.39, 0.29) is 17.9 Å². The zero-order valence-corrected chi connectivity index (χ0v) is 13.6. The van der Waals surface area contributed by atoms with Crippen LogP contribution in [0.15, 0.2) is 35.1 Å². The third-order valence-electron chi connectivity index (χ3n) is 4.33. The van der Waals surface area contributed by atoms with Crippen molar-refractivity contribution in [3.63, 3.8) is 0 Å². The fourth-order valence-electron chi connectivity index (χ4n) is 3.18. The van der Waals surface area contributed by atoms with Crippen LogP contribution < -0.4 is 10.9 Å². The van der Waals surface area contributed by atoms with Crippen LogP contribution in [-0.2, 0) is 4.79 Å². The van der Waals surface area contributed by atoms with Gasteiger partial charge in [-0.05, 0) is 30.7 Å². The van der Waals surface area contributed by atoms with E-state index in [1.54, 1.807) is 6.92 Å². The molecule has 0 saturated carbocycles. The summed E-state index contributed by atoms with van der Waals surface area (Å²) in [6.45, 7) is 1.76. The van der Waals surface area contributed by atoms with Gasteiger partial charge < -0.3 is 5.32 Å². The summed E-state index contributed by atoms with van der Waals surface area (Å²) >= 11 is 0. The molecule has 0 spiro atoms. The van der Waals surface area contributed by atoms with Gasteiger partial charge in [0.05, 0.1) is 5.69 Å². The molecule has 0 bridgehead atoms. The Bertz CT molecular complexity index is 1070. The first-order valence-electron chi connectivity index (χ1n) is 7.84. The van der Waals surface area contributed by atoms with Crippen LogP contribution in [0.3, 0.4) is 0 Å². The number of nitrogens with zero attached hydrogens (tertiary/aromatic N) is 3. The Balaban J connectivity index is 1.88. The highest BCUT2D eigenvalue weighted by molar-refractivity contribution is 5.95. The monoisotopic (exact) mass is 357 g/mol. The molecule has 1 atom stereocenters. The van der Waals surface area contributed by atoms with Crippen LogP contribution in [0.5, 0.6) is 0 Å². The number of carbonyl (C=O) groups is 1.